The number of benzene rings is 3. The fourth-order valence-corrected chi connectivity index (χ4v) is 3.43. The van der Waals surface area contributed by atoms with Crippen LogP contribution in [0.15, 0.2) is 66.7 Å². The molecule has 3 aromatic carbocycles. The normalized spacial score (nSPS) is 10.9. The van der Waals surface area contributed by atoms with Crippen LogP contribution in [-0.2, 0) is 17.6 Å². The summed E-state index contributed by atoms with van der Waals surface area (Å²) in [6, 6.07) is 23.3. The molecule has 0 amide bonds. The van der Waals surface area contributed by atoms with Gasteiger partial charge in [0.15, 0.2) is 0 Å². The number of fused-ring (bicyclic) bond motifs is 1. The van der Waals surface area contributed by atoms with Gasteiger partial charge >= 0.3 is 5.97 Å². The van der Waals surface area contributed by atoms with Crippen molar-refractivity contribution in [3.8, 4) is 5.75 Å². The van der Waals surface area contributed by atoms with Crippen molar-refractivity contribution >= 4 is 16.7 Å². The van der Waals surface area contributed by atoms with Gasteiger partial charge in [0.1, 0.15) is 5.75 Å². The number of carboxylic acid groups (broad SMARTS) is 1. The number of ether oxygens (including phenoxy) is 1. The van der Waals surface area contributed by atoms with Gasteiger partial charge in [-0.15, -0.1) is 0 Å². The molecule has 0 bridgehead atoms. The minimum Gasteiger partial charge on any atom is -0.493 e. The molecule has 0 aliphatic carbocycles. The summed E-state index contributed by atoms with van der Waals surface area (Å²) < 4.78 is 5.97. The van der Waals surface area contributed by atoms with Gasteiger partial charge in [0.2, 0.25) is 0 Å². The Labute approximate surface area is 167 Å². The van der Waals surface area contributed by atoms with E-state index in [0.29, 0.717) is 6.61 Å². The highest BCUT2D eigenvalue weighted by Gasteiger charge is 2.01. The molecule has 0 aliphatic rings. The topological polar surface area (TPSA) is 46.5 Å². The van der Waals surface area contributed by atoms with Crippen molar-refractivity contribution in [3.63, 3.8) is 0 Å². The van der Waals surface area contributed by atoms with Crippen molar-refractivity contribution in [1.82, 2.24) is 0 Å². The van der Waals surface area contributed by atoms with E-state index in [0.717, 1.165) is 44.3 Å². The molecule has 3 nitrogen and oxygen atoms in total. The third-order valence-electron chi connectivity index (χ3n) is 4.98. The number of aryl methyl sites for hydroxylation is 1. The summed E-state index contributed by atoms with van der Waals surface area (Å²) in [4.78, 5) is 10.5. The van der Waals surface area contributed by atoms with E-state index in [2.05, 4.69) is 54.6 Å². The summed E-state index contributed by atoms with van der Waals surface area (Å²) in [5, 5.41) is 11.2. The largest absolute Gasteiger partial charge is 0.493 e. The van der Waals surface area contributed by atoms with Crippen LogP contribution in [0, 0.1) is 0 Å². The Bertz CT molecular complexity index is 901. The molecule has 0 aliphatic heterocycles. The Morgan fingerprint density at radius 3 is 2.39 bits per heavy atom. The van der Waals surface area contributed by atoms with Crippen LogP contribution in [-0.4, -0.2) is 17.7 Å². The molecule has 0 radical (unpaired) electrons. The molecule has 0 fully saturated rings. The molecule has 0 aromatic heterocycles. The fraction of sp³-hybridized carbons (Fsp3) is 0.320. The quantitative estimate of drug-likeness (QED) is 0.415. The summed E-state index contributed by atoms with van der Waals surface area (Å²) in [6.07, 6.45) is 6.08. The van der Waals surface area contributed by atoms with Gasteiger partial charge in [-0.05, 0) is 53.3 Å². The summed E-state index contributed by atoms with van der Waals surface area (Å²) in [5.74, 6) is 0.220. The van der Waals surface area contributed by atoms with E-state index >= 15 is 0 Å². The van der Waals surface area contributed by atoms with Gasteiger partial charge in [-0.2, -0.15) is 0 Å². The maximum atomic E-state index is 10.5. The van der Waals surface area contributed by atoms with E-state index in [1.807, 2.05) is 12.1 Å². The van der Waals surface area contributed by atoms with Gasteiger partial charge < -0.3 is 9.84 Å². The summed E-state index contributed by atoms with van der Waals surface area (Å²) in [7, 11) is 0. The lowest BCUT2D eigenvalue weighted by molar-refractivity contribution is -0.137. The molecular formula is C25H28O3. The van der Waals surface area contributed by atoms with Crippen molar-refractivity contribution in [2.75, 3.05) is 6.61 Å². The summed E-state index contributed by atoms with van der Waals surface area (Å²) >= 11 is 0. The highest BCUT2D eigenvalue weighted by molar-refractivity contribution is 5.82. The molecule has 28 heavy (non-hydrogen) atoms. The maximum Gasteiger partial charge on any atom is 0.303 e. The summed E-state index contributed by atoms with van der Waals surface area (Å²) in [5.41, 5.74) is 2.57. The Kier molecular flexibility index (Phi) is 7.48. The second kappa shape index (κ2) is 10.5. The van der Waals surface area contributed by atoms with Gasteiger partial charge in [-0.1, -0.05) is 67.4 Å². The molecule has 0 heterocycles. The lowest BCUT2D eigenvalue weighted by Crippen LogP contribution is -2.01. The predicted molar refractivity (Wildman–Crippen MR) is 114 cm³/mol. The van der Waals surface area contributed by atoms with Crippen molar-refractivity contribution in [2.24, 2.45) is 0 Å². The molecule has 0 saturated heterocycles. The number of hydrogen-bond donors (Lipinski definition) is 1. The van der Waals surface area contributed by atoms with Gasteiger partial charge in [0, 0.05) is 12.8 Å². The number of carbonyl (C=O) groups is 1. The predicted octanol–water partition coefficient (Wildman–Crippen LogP) is 6.04. The van der Waals surface area contributed by atoms with Crippen LogP contribution in [0.5, 0.6) is 5.75 Å². The van der Waals surface area contributed by atoms with Crippen LogP contribution in [0.3, 0.4) is 0 Å². The van der Waals surface area contributed by atoms with E-state index in [-0.39, 0.29) is 6.42 Å². The summed E-state index contributed by atoms with van der Waals surface area (Å²) in [6.45, 7) is 0.664. The molecule has 1 N–H and O–H groups in total. The minimum absolute atomic E-state index is 0.278. The molecule has 146 valence electrons. The van der Waals surface area contributed by atoms with Crippen molar-refractivity contribution < 1.29 is 14.6 Å². The van der Waals surface area contributed by atoms with E-state index in [4.69, 9.17) is 9.84 Å². The number of aliphatic carboxylic acids is 1. The first kappa shape index (κ1) is 19.9. The van der Waals surface area contributed by atoms with Crippen molar-refractivity contribution in [2.45, 2.75) is 44.9 Å². The lowest BCUT2D eigenvalue weighted by atomic mass is 10.0. The highest BCUT2D eigenvalue weighted by Crippen LogP contribution is 2.18. The van der Waals surface area contributed by atoms with E-state index < -0.39 is 5.97 Å². The molecular weight excluding hydrogens is 348 g/mol. The molecule has 3 aromatic rings. The lowest BCUT2D eigenvalue weighted by Gasteiger charge is -2.09. The smallest absolute Gasteiger partial charge is 0.303 e. The van der Waals surface area contributed by atoms with Crippen LogP contribution in [0.25, 0.3) is 10.8 Å². The van der Waals surface area contributed by atoms with Crippen molar-refractivity contribution in [3.05, 3.63) is 77.9 Å². The third-order valence-corrected chi connectivity index (χ3v) is 4.98. The Balaban J connectivity index is 1.42. The average Bonchev–Trinajstić information content (AvgIpc) is 2.71. The minimum atomic E-state index is -0.700. The first-order chi connectivity index (χ1) is 13.7. The number of unbranched alkanes of at least 4 members (excludes halogenated alkanes) is 3. The number of rotatable bonds is 11. The van der Waals surface area contributed by atoms with E-state index in [9.17, 15) is 4.79 Å². The fourth-order valence-electron chi connectivity index (χ4n) is 3.43. The second-order valence-corrected chi connectivity index (χ2v) is 7.24. The molecule has 0 saturated carbocycles. The average molecular weight is 376 g/mol. The van der Waals surface area contributed by atoms with Crippen LogP contribution < -0.4 is 4.74 Å². The molecule has 0 atom stereocenters. The van der Waals surface area contributed by atoms with Gasteiger partial charge in [-0.25, -0.2) is 0 Å². The van der Waals surface area contributed by atoms with Crippen LogP contribution in [0.2, 0.25) is 0 Å². The maximum absolute atomic E-state index is 10.5. The SMILES string of the molecule is O=C(O)CCCCCCc1cccc(OCCc2ccc3ccccc3c2)c1. The van der Waals surface area contributed by atoms with Gasteiger partial charge in [-0.3, -0.25) is 4.79 Å². The molecule has 0 spiro atoms. The monoisotopic (exact) mass is 376 g/mol. The standard InChI is InChI=1S/C25H28O3/c26-25(27)13-4-2-1-3-8-20-9-7-12-24(19-20)28-17-16-21-14-15-22-10-5-6-11-23(22)18-21/h5-7,9-12,14-15,18-19H,1-4,8,13,16-17H2,(H,26,27). The van der Waals surface area contributed by atoms with Crippen LogP contribution in [0.4, 0.5) is 0 Å². The van der Waals surface area contributed by atoms with Gasteiger partial charge in [0.25, 0.3) is 0 Å². The Hall–Kier alpha value is -2.81. The molecule has 0 unspecified atom stereocenters. The Morgan fingerprint density at radius 1 is 0.750 bits per heavy atom. The third kappa shape index (κ3) is 6.41. The van der Waals surface area contributed by atoms with Crippen LogP contribution >= 0.6 is 0 Å². The number of carboxylic acids is 1. The van der Waals surface area contributed by atoms with E-state index in [1.165, 1.54) is 21.9 Å². The zero-order valence-corrected chi connectivity index (χ0v) is 16.3. The second-order valence-electron chi connectivity index (χ2n) is 7.24. The first-order valence-corrected chi connectivity index (χ1v) is 10.1. The van der Waals surface area contributed by atoms with E-state index in [1.54, 1.807) is 0 Å². The molecule has 3 heteroatoms. The zero-order valence-electron chi connectivity index (χ0n) is 16.3. The zero-order chi connectivity index (χ0) is 19.6. The first-order valence-electron chi connectivity index (χ1n) is 10.1. The highest BCUT2D eigenvalue weighted by atomic mass is 16.5. The van der Waals surface area contributed by atoms with Gasteiger partial charge in [0.05, 0.1) is 6.61 Å². The Morgan fingerprint density at radius 2 is 1.54 bits per heavy atom. The van der Waals surface area contributed by atoms with Crippen LogP contribution in [0.1, 0.15) is 43.2 Å². The molecule has 3 rings (SSSR count). The number of hydrogen-bond acceptors (Lipinski definition) is 2. The van der Waals surface area contributed by atoms with Crippen molar-refractivity contribution in [1.29, 1.82) is 0 Å².